The molecule has 0 saturated carbocycles. The molecule has 0 heterocycles. The van der Waals surface area contributed by atoms with E-state index in [9.17, 15) is 24.0 Å². The predicted molar refractivity (Wildman–Crippen MR) is 102 cm³/mol. The number of carboxylic acid groups (broad SMARTS) is 2. The van der Waals surface area contributed by atoms with Crippen LogP contribution in [0.2, 0.25) is 0 Å². The van der Waals surface area contributed by atoms with E-state index in [2.05, 4.69) is 41.2 Å². The van der Waals surface area contributed by atoms with Crippen LogP contribution in [-0.2, 0) is 24.0 Å². The van der Waals surface area contributed by atoms with Crippen molar-refractivity contribution in [1.29, 1.82) is 0 Å². The highest BCUT2D eigenvalue weighted by Gasteiger charge is 2.28. The Hall–Kier alpha value is -1.99. The van der Waals surface area contributed by atoms with Crippen molar-refractivity contribution in [3.8, 4) is 0 Å². The van der Waals surface area contributed by atoms with Gasteiger partial charge in [-0.05, 0) is 13.3 Å². The van der Waals surface area contributed by atoms with Gasteiger partial charge in [0.25, 0.3) is 0 Å². The number of hydrogen-bond acceptors (Lipinski definition) is 8. The molecular weight excluding hydrogens is 400 g/mol. The van der Waals surface area contributed by atoms with Crippen LogP contribution in [0.3, 0.4) is 0 Å². The molecule has 3 amide bonds. The molecule has 27 heavy (non-hydrogen) atoms. The van der Waals surface area contributed by atoms with Crippen LogP contribution in [0.15, 0.2) is 0 Å². The lowest BCUT2D eigenvalue weighted by molar-refractivity contribution is -0.141. The normalized spacial score (nSPS) is 15.0. The Morgan fingerprint density at radius 1 is 0.889 bits per heavy atom. The summed E-state index contributed by atoms with van der Waals surface area (Å²) in [6.45, 7) is 1.24. The summed E-state index contributed by atoms with van der Waals surface area (Å²) in [7, 11) is 0. The van der Waals surface area contributed by atoms with Crippen LogP contribution in [0, 0.1) is 0 Å². The maximum atomic E-state index is 12.4. The van der Waals surface area contributed by atoms with Crippen molar-refractivity contribution >= 4 is 54.9 Å². The van der Waals surface area contributed by atoms with Crippen LogP contribution in [0.1, 0.15) is 19.8 Å². The fourth-order valence-corrected chi connectivity index (χ4v) is 2.16. The molecule has 0 spiro atoms. The molecule has 0 fully saturated rings. The van der Waals surface area contributed by atoms with E-state index in [-0.39, 0.29) is 17.9 Å². The van der Waals surface area contributed by atoms with Gasteiger partial charge in [-0.2, -0.15) is 25.3 Å². The molecular formula is C14H24N4O7S2. The summed E-state index contributed by atoms with van der Waals surface area (Å²) in [5, 5.41) is 24.4. The van der Waals surface area contributed by atoms with Crippen LogP contribution < -0.4 is 21.7 Å². The minimum absolute atomic E-state index is 0.00779. The van der Waals surface area contributed by atoms with Crippen molar-refractivity contribution < 1.29 is 34.2 Å². The number of hydrogen-bond donors (Lipinski definition) is 8. The van der Waals surface area contributed by atoms with Gasteiger partial charge in [0.1, 0.15) is 18.1 Å². The molecule has 0 bridgehead atoms. The number of carbonyl (C=O) groups is 5. The first-order valence-corrected chi connectivity index (χ1v) is 9.12. The van der Waals surface area contributed by atoms with Gasteiger partial charge in [-0.15, -0.1) is 0 Å². The fourth-order valence-electron chi connectivity index (χ4n) is 1.74. The Bertz CT molecular complexity index is 576. The van der Waals surface area contributed by atoms with E-state index in [4.69, 9.17) is 15.9 Å². The van der Waals surface area contributed by atoms with Gasteiger partial charge in [-0.1, -0.05) is 0 Å². The molecule has 0 aliphatic rings. The zero-order valence-electron chi connectivity index (χ0n) is 14.5. The summed E-state index contributed by atoms with van der Waals surface area (Å²) in [4.78, 5) is 57.9. The summed E-state index contributed by atoms with van der Waals surface area (Å²) in [6.07, 6.45) is -0.652. The van der Waals surface area contributed by atoms with Gasteiger partial charge < -0.3 is 31.9 Å². The quantitative estimate of drug-likeness (QED) is 0.159. The zero-order valence-corrected chi connectivity index (χ0v) is 16.3. The smallest absolute Gasteiger partial charge is 0.325 e. The first-order chi connectivity index (χ1) is 12.5. The molecule has 0 aromatic heterocycles. The first kappa shape index (κ1) is 25.0. The van der Waals surface area contributed by atoms with Gasteiger partial charge in [0.2, 0.25) is 17.7 Å². The van der Waals surface area contributed by atoms with Crippen molar-refractivity contribution in [2.24, 2.45) is 5.73 Å². The van der Waals surface area contributed by atoms with Crippen molar-refractivity contribution in [3.63, 3.8) is 0 Å². The highest BCUT2D eigenvalue weighted by molar-refractivity contribution is 7.80. The monoisotopic (exact) mass is 424 g/mol. The Balaban J connectivity index is 5.10. The third-order valence-electron chi connectivity index (χ3n) is 3.36. The Labute approximate surface area is 166 Å². The minimum Gasteiger partial charge on any atom is -0.481 e. The van der Waals surface area contributed by atoms with Crippen LogP contribution >= 0.6 is 25.3 Å². The molecule has 0 aromatic rings. The number of nitrogens with one attached hydrogen (secondary N) is 3. The predicted octanol–water partition coefficient (Wildman–Crippen LogP) is -2.40. The maximum absolute atomic E-state index is 12.4. The van der Waals surface area contributed by atoms with E-state index in [1.807, 2.05) is 0 Å². The summed E-state index contributed by atoms with van der Waals surface area (Å²) in [5.41, 5.74) is 5.51. The molecule has 4 unspecified atom stereocenters. The van der Waals surface area contributed by atoms with Crippen molar-refractivity contribution in [1.82, 2.24) is 16.0 Å². The summed E-state index contributed by atoms with van der Waals surface area (Å²) >= 11 is 7.81. The molecule has 0 aliphatic carbocycles. The molecule has 0 aromatic carbocycles. The molecule has 0 aliphatic heterocycles. The minimum atomic E-state index is -1.26. The lowest BCUT2D eigenvalue weighted by Crippen LogP contribution is -2.57. The molecule has 13 heteroatoms. The van der Waals surface area contributed by atoms with Gasteiger partial charge >= 0.3 is 11.9 Å². The number of rotatable bonds is 12. The van der Waals surface area contributed by atoms with Crippen molar-refractivity contribution in [2.45, 2.75) is 43.9 Å². The van der Waals surface area contributed by atoms with E-state index < -0.39 is 60.2 Å². The van der Waals surface area contributed by atoms with Crippen molar-refractivity contribution in [3.05, 3.63) is 0 Å². The largest absolute Gasteiger partial charge is 0.481 e. The highest BCUT2D eigenvalue weighted by Crippen LogP contribution is 2.02. The number of amides is 3. The number of thiol groups is 2. The van der Waals surface area contributed by atoms with E-state index in [1.54, 1.807) is 0 Å². The summed E-state index contributed by atoms with van der Waals surface area (Å²) in [5.74, 6) is -4.91. The average molecular weight is 425 g/mol. The third-order valence-corrected chi connectivity index (χ3v) is 4.12. The first-order valence-electron chi connectivity index (χ1n) is 7.86. The van der Waals surface area contributed by atoms with Gasteiger partial charge in [0.15, 0.2) is 0 Å². The van der Waals surface area contributed by atoms with Crippen molar-refractivity contribution in [2.75, 3.05) is 11.5 Å². The second-order valence-corrected chi connectivity index (χ2v) is 6.33. The fraction of sp³-hybridized carbons (Fsp3) is 0.643. The second kappa shape index (κ2) is 12.4. The van der Waals surface area contributed by atoms with Crippen LogP contribution in [0.25, 0.3) is 0 Å². The molecule has 0 rings (SSSR count). The van der Waals surface area contributed by atoms with Gasteiger partial charge in [0.05, 0.1) is 6.04 Å². The standard InChI is InChI=1S/C14H24N4O7S2/c1-6(14(24)25)16-13(23)9(5-27)18-12(22)8(2-3-10(19)20)17-11(21)7(15)4-26/h6-9,26-27H,2-5,15H2,1H3,(H,16,23)(H,17,21)(H,18,22)(H,19,20)(H,24,25). The molecule has 7 N–H and O–H groups in total. The maximum Gasteiger partial charge on any atom is 0.325 e. The molecule has 0 saturated heterocycles. The lowest BCUT2D eigenvalue weighted by Gasteiger charge is -2.23. The van der Waals surface area contributed by atoms with E-state index in [1.165, 1.54) is 6.92 Å². The number of carboxylic acids is 2. The number of nitrogens with two attached hydrogens (primary N) is 1. The SMILES string of the molecule is CC(NC(=O)C(CS)NC(=O)C(CCC(=O)O)NC(=O)C(N)CS)C(=O)O. The van der Waals surface area contributed by atoms with Gasteiger partial charge in [0, 0.05) is 17.9 Å². The topological polar surface area (TPSA) is 188 Å². The molecule has 11 nitrogen and oxygen atoms in total. The molecule has 4 atom stereocenters. The average Bonchev–Trinajstić information content (AvgIpc) is 2.61. The molecule has 0 radical (unpaired) electrons. The Morgan fingerprint density at radius 2 is 1.41 bits per heavy atom. The van der Waals surface area contributed by atoms with Crippen LogP contribution in [0.5, 0.6) is 0 Å². The van der Waals surface area contributed by atoms with E-state index >= 15 is 0 Å². The third kappa shape index (κ3) is 9.49. The van der Waals surface area contributed by atoms with Gasteiger partial charge in [-0.3, -0.25) is 24.0 Å². The number of carbonyl (C=O) groups excluding carboxylic acids is 3. The Kier molecular flexibility index (Phi) is 11.5. The van der Waals surface area contributed by atoms with Crippen LogP contribution in [0.4, 0.5) is 0 Å². The van der Waals surface area contributed by atoms with E-state index in [0.717, 1.165) is 0 Å². The zero-order chi connectivity index (χ0) is 21.1. The number of aliphatic carboxylic acids is 2. The summed E-state index contributed by atoms with van der Waals surface area (Å²) < 4.78 is 0. The summed E-state index contributed by atoms with van der Waals surface area (Å²) in [6, 6.07) is -4.64. The Morgan fingerprint density at radius 3 is 1.85 bits per heavy atom. The second-order valence-electron chi connectivity index (χ2n) is 5.59. The molecule has 154 valence electrons. The highest BCUT2D eigenvalue weighted by atomic mass is 32.1. The van der Waals surface area contributed by atoms with E-state index in [0.29, 0.717) is 0 Å². The lowest BCUT2D eigenvalue weighted by atomic mass is 10.1. The van der Waals surface area contributed by atoms with Gasteiger partial charge in [-0.25, -0.2) is 0 Å². The van der Waals surface area contributed by atoms with Crippen LogP contribution in [-0.4, -0.2) is 75.5 Å².